The molecular weight excluding hydrogens is 526 g/mol. The molecule has 4 aromatic carbocycles. The van der Waals surface area contributed by atoms with E-state index in [4.69, 9.17) is 23.7 Å². The van der Waals surface area contributed by atoms with Gasteiger partial charge in [-0.1, -0.05) is 91.0 Å². The van der Waals surface area contributed by atoms with Gasteiger partial charge in [-0.25, -0.2) is 0 Å². The van der Waals surface area contributed by atoms with Gasteiger partial charge < -0.3 is 28.8 Å². The highest BCUT2D eigenvalue weighted by Crippen LogP contribution is 2.49. The summed E-state index contributed by atoms with van der Waals surface area (Å²) in [6.07, 6.45) is -1.32. The van der Waals surface area contributed by atoms with E-state index in [1.54, 1.807) is 0 Å². The predicted molar refractivity (Wildman–Crippen MR) is 153 cm³/mol. The van der Waals surface area contributed by atoms with Crippen molar-refractivity contribution in [2.45, 2.75) is 24.1 Å². The molecule has 0 amide bonds. The molecule has 0 saturated heterocycles. The molecule has 0 aliphatic rings. The molecule has 0 heterocycles. The lowest BCUT2D eigenvalue weighted by Gasteiger charge is -2.43. The van der Waals surface area contributed by atoms with Gasteiger partial charge in [0.2, 0.25) is 5.79 Å². The van der Waals surface area contributed by atoms with Gasteiger partial charge in [-0.05, 0) is 22.8 Å². The van der Waals surface area contributed by atoms with E-state index in [2.05, 4.69) is 0 Å². The van der Waals surface area contributed by atoms with Crippen LogP contribution in [0.1, 0.15) is 28.7 Å². The second-order valence-electron chi connectivity index (χ2n) is 9.25. The lowest BCUT2D eigenvalue weighted by atomic mass is 9.79. The molecular formula is C32H33NO8. The second kappa shape index (κ2) is 12.9. The maximum absolute atomic E-state index is 12.7. The Balaban J connectivity index is 2.10. The zero-order valence-electron chi connectivity index (χ0n) is 23.4. The first kappa shape index (κ1) is 29.7. The lowest BCUT2D eigenvalue weighted by molar-refractivity contribution is -0.390. The van der Waals surface area contributed by atoms with Crippen LogP contribution in [0.4, 0.5) is 5.69 Å². The molecule has 1 N–H and O–H groups in total. The third-order valence-electron chi connectivity index (χ3n) is 6.95. The average Bonchev–Trinajstić information content (AvgIpc) is 3.03. The maximum atomic E-state index is 12.7. The predicted octanol–water partition coefficient (Wildman–Crippen LogP) is 5.77. The van der Waals surface area contributed by atoms with E-state index in [0.29, 0.717) is 16.7 Å². The van der Waals surface area contributed by atoms with Gasteiger partial charge in [0, 0.05) is 14.2 Å². The molecule has 1 atom stereocenters. The molecule has 0 aromatic heterocycles. The van der Waals surface area contributed by atoms with Gasteiger partial charge in [0.15, 0.2) is 17.8 Å². The van der Waals surface area contributed by atoms with Gasteiger partial charge >= 0.3 is 0 Å². The van der Waals surface area contributed by atoms with E-state index < -0.39 is 28.3 Å². The summed E-state index contributed by atoms with van der Waals surface area (Å²) >= 11 is 0. The normalized spacial score (nSPS) is 13.0. The largest absolute Gasteiger partial charge is 0.493 e. The topological polar surface area (TPSA) is 110 Å². The quantitative estimate of drug-likeness (QED) is 0.0951. The highest BCUT2D eigenvalue weighted by Gasteiger charge is 2.50. The van der Waals surface area contributed by atoms with Gasteiger partial charge in [0.1, 0.15) is 5.60 Å². The first-order valence-corrected chi connectivity index (χ1v) is 12.9. The Morgan fingerprint density at radius 2 is 1.15 bits per heavy atom. The van der Waals surface area contributed by atoms with Crippen LogP contribution in [0.2, 0.25) is 0 Å². The summed E-state index contributed by atoms with van der Waals surface area (Å²) in [5, 5.41) is 25.1. The van der Waals surface area contributed by atoms with Crippen LogP contribution >= 0.6 is 0 Å². The Hall–Kier alpha value is -4.28. The van der Waals surface area contributed by atoms with Gasteiger partial charge in [0.25, 0.3) is 5.69 Å². The fraction of sp³-hybridized carbons (Fsp3) is 0.250. The molecule has 0 fully saturated rings. The van der Waals surface area contributed by atoms with Gasteiger partial charge in [-0.15, -0.1) is 0 Å². The Bertz CT molecular complexity index is 1330. The van der Waals surface area contributed by atoms with Crippen molar-refractivity contribution in [3.05, 3.63) is 135 Å². The van der Waals surface area contributed by atoms with Gasteiger partial charge in [0.05, 0.1) is 37.2 Å². The van der Waals surface area contributed by atoms with Crippen molar-refractivity contribution in [2.24, 2.45) is 0 Å². The van der Waals surface area contributed by atoms with E-state index in [-0.39, 0.29) is 23.5 Å². The average molecular weight is 560 g/mol. The number of nitrogens with zero attached hydrogens (tertiary/aromatic N) is 1. The molecule has 214 valence electrons. The first-order valence-electron chi connectivity index (χ1n) is 12.9. The van der Waals surface area contributed by atoms with Crippen molar-refractivity contribution in [1.29, 1.82) is 0 Å². The Labute approximate surface area is 239 Å². The van der Waals surface area contributed by atoms with Crippen molar-refractivity contribution < 1.29 is 33.7 Å². The first-order chi connectivity index (χ1) is 19.8. The number of ether oxygens (including phenoxy) is 5. The number of rotatable bonds is 13. The van der Waals surface area contributed by atoms with Crippen molar-refractivity contribution in [1.82, 2.24) is 0 Å². The van der Waals surface area contributed by atoms with Crippen molar-refractivity contribution in [3.8, 4) is 11.5 Å². The summed E-state index contributed by atoms with van der Waals surface area (Å²) in [5.74, 6) is -2.06. The fourth-order valence-corrected chi connectivity index (χ4v) is 4.98. The molecule has 41 heavy (non-hydrogen) atoms. The highest BCUT2D eigenvalue weighted by atomic mass is 16.7. The molecule has 1 unspecified atom stereocenters. The van der Waals surface area contributed by atoms with E-state index in [1.165, 1.54) is 40.6 Å². The van der Waals surface area contributed by atoms with Crippen LogP contribution in [-0.2, 0) is 25.6 Å². The zero-order chi connectivity index (χ0) is 29.5. The van der Waals surface area contributed by atoms with E-state index >= 15 is 0 Å². The summed E-state index contributed by atoms with van der Waals surface area (Å²) in [5.41, 5.74) is 0.0256. The summed E-state index contributed by atoms with van der Waals surface area (Å²) < 4.78 is 28.7. The van der Waals surface area contributed by atoms with E-state index in [9.17, 15) is 15.2 Å². The van der Waals surface area contributed by atoms with Crippen molar-refractivity contribution in [3.63, 3.8) is 0 Å². The molecule has 9 nitrogen and oxygen atoms in total. The standard InChI is InChI=1S/C32H33NO8/c1-37-28-20-26(27(33(35)36)21-29(28)38-2)31(34,22-30(39-3)40-4)41-32(23-14-8-5-9-15-23,24-16-10-6-11-17-24)25-18-12-7-13-19-25/h5-21,30,34H,22H2,1-4H3. The fourth-order valence-electron chi connectivity index (χ4n) is 4.98. The number of benzene rings is 4. The van der Waals surface area contributed by atoms with E-state index in [0.717, 1.165) is 0 Å². The maximum Gasteiger partial charge on any atom is 0.281 e. The molecule has 4 rings (SSSR count). The minimum atomic E-state index is -2.36. The summed E-state index contributed by atoms with van der Waals surface area (Å²) in [7, 11) is 5.61. The SMILES string of the molecule is COc1cc([N+](=O)[O-])c(C(O)(CC(OC)OC)OC(c2ccccc2)(c2ccccc2)c2ccccc2)cc1OC. The minimum absolute atomic E-state index is 0.126. The molecule has 9 heteroatoms. The third kappa shape index (κ3) is 5.94. The Morgan fingerprint density at radius 1 is 0.732 bits per heavy atom. The number of hydrogen-bond donors (Lipinski definition) is 1. The number of methoxy groups -OCH3 is 4. The van der Waals surface area contributed by atoms with Crippen LogP contribution in [-0.4, -0.2) is 44.8 Å². The van der Waals surface area contributed by atoms with Crippen LogP contribution in [0.15, 0.2) is 103 Å². The van der Waals surface area contributed by atoms with Crippen LogP contribution in [0, 0.1) is 10.1 Å². The minimum Gasteiger partial charge on any atom is -0.493 e. The summed E-state index contributed by atoms with van der Waals surface area (Å²) in [6.45, 7) is 0. The Morgan fingerprint density at radius 3 is 1.51 bits per heavy atom. The molecule has 0 saturated carbocycles. The van der Waals surface area contributed by atoms with Crippen LogP contribution in [0.25, 0.3) is 0 Å². The molecule has 0 spiro atoms. The third-order valence-corrected chi connectivity index (χ3v) is 6.95. The van der Waals surface area contributed by atoms with Crippen LogP contribution in [0.3, 0.4) is 0 Å². The Kier molecular flexibility index (Phi) is 9.36. The monoisotopic (exact) mass is 559 g/mol. The highest BCUT2D eigenvalue weighted by molar-refractivity contribution is 5.56. The van der Waals surface area contributed by atoms with E-state index in [1.807, 2.05) is 91.0 Å². The molecule has 0 aliphatic carbocycles. The molecule has 0 bridgehead atoms. The number of nitro groups is 1. The smallest absolute Gasteiger partial charge is 0.281 e. The number of aliphatic hydroxyl groups is 1. The van der Waals surface area contributed by atoms with Crippen molar-refractivity contribution >= 4 is 5.69 Å². The zero-order valence-corrected chi connectivity index (χ0v) is 23.4. The second-order valence-corrected chi connectivity index (χ2v) is 9.25. The molecule has 0 radical (unpaired) electrons. The summed E-state index contributed by atoms with van der Waals surface area (Å²) in [4.78, 5) is 11.8. The lowest BCUT2D eigenvalue weighted by Crippen LogP contribution is -2.45. The number of nitro benzene ring substituents is 1. The summed E-state index contributed by atoms with van der Waals surface area (Å²) in [6, 6.07) is 30.7. The van der Waals surface area contributed by atoms with Crippen LogP contribution in [0.5, 0.6) is 11.5 Å². The van der Waals surface area contributed by atoms with Crippen LogP contribution < -0.4 is 9.47 Å². The van der Waals surface area contributed by atoms with Gasteiger partial charge in [-0.2, -0.15) is 0 Å². The number of hydrogen-bond acceptors (Lipinski definition) is 8. The van der Waals surface area contributed by atoms with Gasteiger partial charge in [-0.3, -0.25) is 10.1 Å². The molecule has 4 aromatic rings. The van der Waals surface area contributed by atoms with Crippen molar-refractivity contribution in [2.75, 3.05) is 28.4 Å². The molecule has 0 aliphatic heterocycles.